The van der Waals surface area contributed by atoms with Crippen LogP contribution in [0.5, 0.6) is 0 Å². The van der Waals surface area contributed by atoms with Crippen molar-refractivity contribution in [3.8, 4) is 0 Å². The molecule has 4 heterocycles. The molecule has 0 saturated carbocycles. The summed E-state index contributed by atoms with van der Waals surface area (Å²) in [6.07, 6.45) is 9.19. The van der Waals surface area contributed by atoms with Crippen LogP contribution in [0, 0.1) is 0 Å². The van der Waals surface area contributed by atoms with Crippen molar-refractivity contribution < 1.29 is 9.26 Å². The van der Waals surface area contributed by atoms with Gasteiger partial charge in [-0.15, -0.1) is 0 Å². The fourth-order valence-corrected chi connectivity index (χ4v) is 4.94. The summed E-state index contributed by atoms with van der Waals surface area (Å²) >= 11 is 0. The Morgan fingerprint density at radius 3 is 2.74 bits per heavy atom. The summed E-state index contributed by atoms with van der Waals surface area (Å²) in [5.74, 6) is 3.18. The summed E-state index contributed by atoms with van der Waals surface area (Å²) in [4.78, 5) is 12.2. The Morgan fingerprint density at radius 1 is 1.04 bits per heavy atom. The topological polar surface area (TPSA) is 69.2 Å². The summed E-state index contributed by atoms with van der Waals surface area (Å²) in [5.41, 5.74) is 2.77. The van der Waals surface area contributed by atoms with Crippen LogP contribution in [-0.2, 0) is 31.2 Å². The van der Waals surface area contributed by atoms with Crippen molar-refractivity contribution in [3.05, 3.63) is 28.9 Å². The average molecular weight is 371 g/mol. The van der Waals surface area contributed by atoms with E-state index in [1.807, 2.05) is 0 Å². The van der Waals surface area contributed by atoms with Gasteiger partial charge in [-0.1, -0.05) is 5.16 Å². The Balaban J connectivity index is 1.32. The third-order valence-electron chi connectivity index (χ3n) is 6.47. The highest BCUT2D eigenvalue weighted by atomic mass is 16.5. The van der Waals surface area contributed by atoms with Crippen molar-refractivity contribution >= 4 is 0 Å². The Morgan fingerprint density at radius 2 is 1.89 bits per heavy atom. The van der Waals surface area contributed by atoms with Gasteiger partial charge in [-0.05, 0) is 57.9 Å². The van der Waals surface area contributed by atoms with E-state index in [9.17, 15) is 0 Å². The van der Waals surface area contributed by atoms with Gasteiger partial charge >= 0.3 is 0 Å². The zero-order valence-electron chi connectivity index (χ0n) is 16.2. The predicted octanol–water partition coefficient (Wildman–Crippen LogP) is 2.91. The van der Waals surface area contributed by atoms with Crippen LogP contribution in [0.25, 0.3) is 0 Å². The first-order valence-electron chi connectivity index (χ1n) is 10.5. The molecule has 0 spiro atoms. The van der Waals surface area contributed by atoms with Crippen molar-refractivity contribution in [2.45, 2.75) is 69.9 Å². The largest absolute Gasteiger partial charge is 0.381 e. The van der Waals surface area contributed by atoms with E-state index in [0.717, 1.165) is 63.7 Å². The van der Waals surface area contributed by atoms with Crippen molar-refractivity contribution in [1.29, 1.82) is 0 Å². The van der Waals surface area contributed by atoms with Crippen molar-refractivity contribution in [2.75, 3.05) is 19.8 Å². The molecule has 0 aromatic carbocycles. The molecule has 2 fully saturated rings. The van der Waals surface area contributed by atoms with Gasteiger partial charge in [-0.3, -0.25) is 4.90 Å². The first kappa shape index (κ1) is 17.4. The summed E-state index contributed by atoms with van der Waals surface area (Å²) in [6, 6.07) is 0.366. The van der Waals surface area contributed by atoms with Crippen LogP contribution in [0.1, 0.15) is 79.4 Å². The number of nitrogens with zero attached hydrogens (tertiary/aromatic N) is 5. The van der Waals surface area contributed by atoms with Crippen molar-refractivity contribution in [2.24, 2.45) is 7.05 Å². The smallest absolute Gasteiger partial charge is 0.229 e. The van der Waals surface area contributed by atoms with Crippen LogP contribution in [-0.4, -0.2) is 44.4 Å². The van der Waals surface area contributed by atoms with Crippen LogP contribution in [0.4, 0.5) is 0 Å². The van der Waals surface area contributed by atoms with E-state index in [-0.39, 0.29) is 0 Å². The van der Waals surface area contributed by atoms with Crippen LogP contribution in [0.15, 0.2) is 4.52 Å². The minimum Gasteiger partial charge on any atom is -0.381 e. The number of hydrogen-bond donors (Lipinski definition) is 0. The van der Waals surface area contributed by atoms with Crippen molar-refractivity contribution in [1.82, 2.24) is 24.6 Å². The molecule has 0 bridgehead atoms. The zero-order valence-corrected chi connectivity index (χ0v) is 16.2. The van der Waals surface area contributed by atoms with E-state index < -0.39 is 0 Å². The molecule has 1 unspecified atom stereocenters. The van der Waals surface area contributed by atoms with Gasteiger partial charge in [0, 0.05) is 31.9 Å². The van der Waals surface area contributed by atoms with E-state index >= 15 is 0 Å². The van der Waals surface area contributed by atoms with Gasteiger partial charge in [0.05, 0.1) is 18.3 Å². The van der Waals surface area contributed by atoms with E-state index in [0.29, 0.717) is 12.0 Å². The number of rotatable bonds is 4. The molecule has 0 amide bonds. The second-order valence-corrected chi connectivity index (χ2v) is 8.19. The molecule has 1 atom stereocenters. The molecule has 2 aromatic heterocycles. The lowest BCUT2D eigenvalue weighted by Gasteiger charge is -2.23. The number of hydrogen-bond acceptors (Lipinski definition) is 6. The van der Waals surface area contributed by atoms with Gasteiger partial charge in [-0.2, -0.15) is 4.98 Å². The molecule has 0 N–H and O–H groups in total. The van der Waals surface area contributed by atoms with E-state index in [1.54, 1.807) is 0 Å². The highest BCUT2D eigenvalue weighted by molar-refractivity contribution is 5.22. The molecule has 27 heavy (non-hydrogen) atoms. The average Bonchev–Trinajstić information content (AvgIpc) is 3.43. The first-order chi connectivity index (χ1) is 13.3. The second kappa shape index (κ2) is 7.36. The van der Waals surface area contributed by atoms with Crippen molar-refractivity contribution in [3.63, 3.8) is 0 Å². The van der Waals surface area contributed by atoms with Gasteiger partial charge in [0.2, 0.25) is 5.89 Å². The lowest BCUT2D eigenvalue weighted by molar-refractivity contribution is 0.0778. The van der Waals surface area contributed by atoms with E-state index in [4.69, 9.17) is 19.2 Å². The number of ether oxygens (including phenoxy) is 1. The van der Waals surface area contributed by atoms with Gasteiger partial charge in [-0.25, -0.2) is 4.98 Å². The predicted molar refractivity (Wildman–Crippen MR) is 99.3 cm³/mol. The Hall–Kier alpha value is -1.73. The van der Waals surface area contributed by atoms with Crippen LogP contribution in [0.2, 0.25) is 0 Å². The fourth-order valence-electron chi connectivity index (χ4n) is 4.94. The summed E-state index contributed by atoms with van der Waals surface area (Å²) in [5, 5.41) is 4.27. The molecule has 7 heteroatoms. The van der Waals surface area contributed by atoms with Gasteiger partial charge in [0.1, 0.15) is 5.82 Å². The molecule has 5 rings (SSSR count). The highest BCUT2D eigenvalue weighted by Crippen LogP contribution is 2.35. The number of fused-ring (bicyclic) bond motifs is 1. The SMILES string of the molecule is Cn1c(C2CCCN2Cc2noc(C3CCOCC3)n2)nc2c1CCCC2. The minimum absolute atomic E-state index is 0.357. The number of aryl methyl sites for hydroxylation is 1. The van der Waals surface area contributed by atoms with Gasteiger partial charge in [0.25, 0.3) is 0 Å². The van der Waals surface area contributed by atoms with Gasteiger partial charge < -0.3 is 13.8 Å². The molecule has 2 aromatic rings. The quantitative estimate of drug-likeness (QED) is 0.823. The summed E-state index contributed by atoms with van der Waals surface area (Å²) < 4.78 is 13.4. The summed E-state index contributed by atoms with van der Waals surface area (Å²) in [7, 11) is 2.20. The standard InChI is InChI=1S/C20H29N5O2/c1-24-16-6-3-2-5-15(16)21-19(24)17-7-4-10-25(17)13-18-22-20(27-23-18)14-8-11-26-12-9-14/h14,17H,2-13H2,1H3. The molecule has 2 aliphatic heterocycles. The van der Waals surface area contributed by atoms with Gasteiger partial charge in [0.15, 0.2) is 5.82 Å². The van der Waals surface area contributed by atoms with Crippen LogP contribution >= 0.6 is 0 Å². The zero-order chi connectivity index (χ0) is 18.2. The first-order valence-corrected chi connectivity index (χ1v) is 10.5. The molecule has 146 valence electrons. The molecule has 7 nitrogen and oxygen atoms in total. The van der Waals surface area contributed by atoms with E-state index in [1.165, 1.54) is 42.9 Å². The molecule has 3 aliphatic rings. The lowest BCUT2D eigenvalue weighted by Crippen LogP contribution is -2.25. The molecular weight excluding hydrogens is 342 g/mol. The maximum Gasteiger partial charge on any atom is 0.229 e. The van der Waals surface area contributed by atoms with E-state index in [2.05, 4.69) is 21.7 Å². The fraction of sp³-hybridized carbons (Fsp3) is 0.750. The highest BCUT2D eigenvalue weighted by Gasteiger charge is 2.32. The lowest BCUT2D eigenvalue weighted by atomic mass is 10.0. The van der Waals surface area contributed by atoms with Crippen LogP contribution < -0.4 is 0 Å². The summed E-state index contributed by atoms with van der Waals surface area (Å²) in [6.45, 7) is 3.40. The molecule has 2 saturated heterocycles. The maximum atomic E-state index is 5.58. The Kier molecular flexibility index (Phi) is 4.73. The second-order valence-electron chi connectivity index (χ2n) is 8.19. The molecule has 1 aliphatic carbocycles. The monoisotopic (exact) mass is 371 g/mol. The maximum absolute atomic E-state index is 5.58. The minimum atomic E-state index is 0.357. The normalized spacial score (nSPS) is 24.4. The van der Waals surface area contributed by atoms with Crippen LogP contribution in [0.3, 0.4) is 0 Å². The third-order valence-corrected chi connectivity index (χ3v) is 6.47. The molecule has 0 radical (unpaired) electrons. The Labute approximate surface area is 160 Å². The molecular formula is C20H29N5O2. The third kappa shape index (κ3) is 3.31. The Bertz CT molecular complexity index is 792. The number of aromatic nitrogens is 4. The number of imidazole rings is 1. The number of likely N-dealkylation sites (tertiary alicyclic amines) is 1.